The molecule has 186 valence electrons. The first-order valence-electron chi connectivity index (χ1n) is 10.00. The van der Waals surface area contributed by atoms with Gasteiger partial charge in [-0.05, 0) is 43.3 Å². The van der Waals surface area contributed by atoms with Gasteiger partial charge in [0, 0.05) is 13.6 Å². The summed E-state index contributed by atoms with van der Waals surface area (Å²) in [7, 11) is 2.63. The Bertz CT molecular complexity index is 1020. The highest BCUT2D eigenvalue weighted by Gasteiger charge is 2.43. The van der Waals surface area contributed by atoms with Gasteiger partial charge in [0.05, 0.1) is 15.6 Å². The number of amides is 1. The molecular weight excluding hydrogens is 499 g/mol. The molecule has 0 bridgehead atoms. The van der Waals surface area contributed by atoms with E-state index in [2.05, 4.69) is 6.58 Å². The minimum Gasteiger partial charge on any atom is -0.448 e. The maximum absolute atomic E-state index is 14.1. The number of carbonyl (C=O) groups is 1. The summed E-state index contributed by atoms with van der Waals surface area (Å²) < 4.78 is 58.0. The fourth-order valence-electron chi connectivity index (χ4n) is 3.49. The molecule has 5 nitrogen and oxygen atoms in total. The van der Waals surface area contributed by atoms with Gasteiger partial charge in [0.2, 0.25) is 5.91 Å². The second-order valence-corrected chi connectivity index (χ2v) is 8.49. The summed E-state index contributed by atoms with van der Waals surface area (Å²) in [6.07, 6.45) is -6.61. The molecule has 2 aromatic carbocycles. The lowest BCUT2D eigenvalue weighted by molar-refractivity contribution is -0.179. The van der Waals surface area contributed by atoms with E-state index in [0.29, 0.717) is 5.56 Å². The topological polar surface area (TPSA) is 53.0 Å². The van der Waals surface area contributed by atoms with Crippen LogP contribution in [0, 0.1) is 5.82 Å². The van der Waals surface area contributed by atoms with Crippen molar-refractivity contribution in [2.24, 2.45) is 0 Å². The predicted octanol–water partition coefficient (Wildman–Crippen LogP) is 5.60. The summed E-state index contributed by atoms with van der Waals surface area (Å²) >= 11 is 12.2. The molecule has 2 rings (SSSR count). The van der Waals surface area contributed by atoms with Crippen molar-refractivity contribution in [1.29, 1.82) is 0 Å². The average Bonchev–Trinajstić information content (AvgIpc) is 2.75. The summed E-state index contributed by atoms with van der Waals surface area (Å²) in [4.78, 5) is 14.4. The molecule has 2 atom stereocenters. The molecule has 11 heteroatoms. The molecule has 1 N–H and O–H groups in total. The van der Waals surface area contributed by atoms with Crippen molar-refractivity contribution in [2.45, 2.75) is 31.0 Å². The van der Waals surface area contributed by atoms with Crippen molar-refractivity contribution in [3.05, 3.63) is 76.5 Å². The average molecular weight is 523 g/mol. The number of para-hydroxylation sites is 1. The van der Waals surface area contributed by atoms with Gasteiger partial charge in [-0.1, -0.05) is 47.5 Å². The van der Waals surface area contributed by atoms with Gasteiger partial charge in [-0.3, -0.25) is 4.79 Å². The lowest BCUT2D eigenvalue weighted by atomic mass is 9.84. The van der Waals surface area contributed by atoms with Crippen LogP contribution in [0.5, 0.6) is 5.75 Å². The number of halogens is 6. The van der Waals surface area contributed by atoms with Crippen LogP contribution >= 0.6 is 23.2 Å². The highest BCUT2D eigenvalue weighted by Crippen LogP contribution is 2.38. The summed E-state index contributed by atoms with van der Waals surface area (Å²) in [6.45, 7) is 3.39. The maximum Gasteiger partial charge on any atom is 0.397 e. The highest BCUT2D eigenvalue weighted by molar-refractivity contribution is 6.42. The first-order chi connectivity index (χ1) is 15.8. The highest BCUT2D eigenvalue weighted by atomic mass is 35.5. The van der Waals surface area contributed by atoms with Gasteiger partial charge >= 0.3 is 6.18 Å². The Hall–Kier alpha value is -2.33. The third-order valence-electron chi connectivity index (χ3n) is 5.29. The number of alkyl halides is 3. The van der Waals surface area contributed by atoms with E-state index in [-0.39, 0.29) is 28.8 Å². The third kappa shape index (κ3) is 6.85. The van der Waals surface area contributed by atoms with Gasteiger partial charge in [0.15, 0.2) is 11.6 Å². The molecule has 0 aromatic heterocycles. The second kappa shape index (κ2) is 11.4. The number of likely N-dealkylation sites (N-methyl/N-ethyl adjacent to an activating group) is 2. The minimum absolute atomic E-state index is 0.0444. The van der Waals surface area contributed by atoms with Gasteiger partial charge in [0.1, 0.15) is 6.42 Å². The van der Waals surface area contributed by atoms with Crippen molar-refractivity contribution in [3.8, 4) is 5.75 Å². The Balaban J connectivity index is 2.53. The number of carbonyl (C=O) groups excluding carboxylic acids is 1. The number of rotatable bonds is 10. The van der Waals surface area contributed by atoms with E-state index in [9.17, 15) is 27.5 Å². The largest absolute Gasteiger partial charge is 0.448 e. The van der Waals surface area contributed by atoms with E-state index in [1.165, 1.54) is 55.4 Å². The number of hydrogen-bond acceptors (Lipinski definition) is 4. The van der Waals surface area contributed by atoms with Crippen LogP contribution in [-0.2, 0) is 10.3 Å². The number of benzene rings is 2. The number of nitrogens with zero attached hydrogens (tertiary/aromatic N) is 2. The van der Waals surface area contributed by atoms with E-state index in [0.717, 1.165) is 11.0 Å². The third-order valence-corrected chi connectivity index (χ3v) is 6.03. The van der Waals surface area contributed by atoms with Crippen molar-refractivity contribution in [1.82, 2.24) is 9.80 Å². The first kappa shape index (κ1) is 27.9. The Labute approximate surface area is 205 Å². The van der Waals surface area contributed by atoms with Crippen LogP contribution in [0.4, 0.5) is 17.6 Å². The lowest BCUT2D eigenvalue weighted by Gasteiger charge is -2.45. The zero-order valence-corrected chi connectivity index (χ0v) is 20.0. The van der Waals surface area contributed by atoms with E-state index < -0.39 is 36.3 Å². The van der Waals surface area contributed by atoms with Crippen LogP contribution in [0.1, 0.15) is 18.4 Å². The SMILES string of the molecule is C=CC[C@@](CN(C)C(=O)CC(F)(F)F)(c1ccc(Cl)c(Cl)c1)N(C)C(O)Oc1ccccc1F. The first-order valence-corrected chi connectivity index (χ1v) is 10.8. The Morgan fingerprint density at radius 2 is 1.82 bits per heavy atom. The normalized spacial score (nSPS) is 14.4. The van der Waals surface area contributed by atoms with Crippen LogP contribution in [0.2, 0.25) is 10.0 Å². The lowest BCUT2D eigenvalue weighted by Crippen LogP contribution is -2.57. The maximum atomic E-state index is 14.1. The molecule has 0 aliphatic rings. The molecule has 0 aliphatic heterocycles. The Morgan fingerprint density at radius 3 is 2.38 bits per heavy atom. The van der Waals surface area contributed by atoms with Gasteiger partial charge < -0.3 is 14.7 Å². The van der Waals surface area contributed by atoms with E-state index in [4.69, 9.17) is 27.9 Å². The Kier molecular flexibility index (Phi) is 9.36. The zero-order chi connectivity index (χ0) is 25.7. The van der Waals surface area contributed by atoms with Gasteiger partial charge in [0.25, 0.3) is 6.41 Å². The van der Waals surface area contributed by atoms with Gasteiger partial charge in [-0.15, -0.1) is 6.58 Å². The van der Waals surface area contributed by atoms with Crippen LogP contribution in [0.25, 0.3) is 0 Å². The molecule has 1 amide bonds. The van der Waals surface area contributed by atoms with Crippen LogP contribution < -0.4 is 4.74 Å². The van der Waals surface area contributed by atoms with Gasteiger partial charge in [-0.2, -0.15) is 13.2 Å². The number of ether oxygens (including phenoxy) is 1. The van der Waals surface area contributed by atoms with Crippen LogP contribution in [-0.4, -0.2) is 54.0 Å². The zero-order valence-electron chi connectivity index (χ0n) is 18.5. The molecule has 2 aromatic rings. The smallest absolute Gasteiger partial charge is 0.397 e. The van der Waals surface area contributed by atoms with E-state index in [1.54, 1.807) is 6.07 Å². The predicted molar refractivity (Wildman–Crippen MR) is 122 cm³/mol. The van der Waals surface area contributed by atoms with Crippen molar-refractivity contribution < 1.29 is 32.2 Å². The fraction of sp³-hybridized carbons (Fsp3) is 0.348. The number of hydrogen-bond donors (Lipinski definition) is 1. The molecule has 1 unspecified atom stereocenters. The quantitative estimate of drug-likeness (QED) is 0.250. The molecular formula is C23H24Cl2F4N2O3. The molecule has 0 spiro atoms. The van der Waals surface area contributed by atoms with E-state index in [1.807, 2.05) is 0 Å². The molecule has 0 heterocycles. The van der Waals surface area contributed by atoms with E-state index >= 15 is 0 Å². The number of aliphatic hydroxyl groups excluding tert-OH is 1. The second-order valence-electron chi connectivity index (χ2n) is 7.68. The number of aliphatic hydroxyl groups is 1. The monoisotopic (exact) mass is 522 g/mol. The molecule has 0 radical (unpaired) electrons. The summed E-state index contributed by atoms with van der Waals surface area (Å²) in [6, 6.07) is 9.91. The molecule has 0 fully saturated rings. The minimum atomic E-state index is -4.70. The standard InChI is InChI=1S/C23H24Cl2F4N2O3/c1-4-11-22(15-9-10-16(24)17(25)12-15,14-30(2)20(32)13-23(27,28)29)31(3)21(33)34-19-8-6-5-7-18(19)26/h4-10,12,21,33H,1,11,13-14H2,2-3H3/t21?,22-/m1/s1. The fourth-order valence-corrected chi connectivity index (χ4v) is 3.79. The van der Waals surface area contributed by atoms with Crippen molar-refractivity contribution >= 4 is 29.1 Å². The molecule has 34 heavy (non-hydrogen) atoms. The Morgan fingerprint density at radius 1 is 1.18 bits per heavy atom. The van der Waals surface area contributed by atoms with Gasteiger partial charge in [-0.25, -0.2) is 9.29 Å². The van der Waals surface area contributed by atoms with Crippen molar-refractivity contribution in [3.63, 3.8) is 0 Å². The van der Waals surface area contributed by atoms with Crippen molar-refractivity contribution in [2.75, 3.05) is 20.6 Å². The molecule has 0 saturated heterocycles. The summed E-state index contributed by atoms with van der Waals surface area (Å²) in [5.74, 6) is -2.15. The van der Waals surface area contributed by atoms with Crippen LogP contribution in [0.3, 0.4) is 0 Å². The summed E-state index contributed by atoms with van der Waals surface area (Å²) in [5, 5.41) is 11.2. The summed E-state index contributed by atoms with van der Waals surface area (Å²) in [5.41, 5.74) is -0.969. The molecule has 0 aliphatic carbocycles. The van der Waals surface area contributed by atoms with Crippen LogP contribution in [0.15, 0.2) is 55.1 Å². The molecule has 0 saturated carbocycles.